The van der Waals surface area contributed by atoms with Crippen molar-refractivity contribution in [1.82, 2.24) is 0 Å². The van der Waals surface area contributed by atoms with Crippen LogP contribution in [0.25, 0.3) is 0 Å². The zero-order valence-electron chi connectivity index (χ0n) is 13.5. The van der Waals surface area contributed by atoms with Gasteiger partial charge in [-0.1, -0.05) is 38.1 Å². The fourth-order valence-electron chi connectivity index (χ4n) is 2.40. The Hall–Kier alpha value is -2.49. The van der Waals surface area contributed by atoms with Gasteiger partial charge >= 0.3 is 5.97 Å². The Morgan fingerprint density at radius 3 is 2.65 bits per heavy atom. The van der Waals surface area contributed by atoms with E-state index in [9.17, 15) is 4.79 Å². The maximum atomic E-state index is 12.4. The molecule has 0 aliphatic carbocycles. The molecule has 1 atom stereocenters. The minimum atomic E-state index is -0.757. The maximum absolute atomic E-state index is 12.4. The predicted octanol–water partition coefficient (Wildman–Crippen LogP) is 3.86. The van der Waals surface area contributed by atoms with Gasteiger partial charge < -0.3 is 14.2 Å². The van der Waals surface area contributed by atoms with Crippen molar-refractivity contribution < 1.29 is 19.0 Å². The molecule has 0 spiro atoms. The molecule has 3 rings (SSSR count). The Labute approximate surface area is 136 Å². The molecule has 0 aromatic heterocycles. The third kappa shape index (κ3) is 3.31. The number of fused-ring (bicyclic) bond motifs is 1. The summed E-state index contributed by atoms with van der Waals surface area (Å²) in [7, 11) is 0. The summed E-state index contributed by atoms with van der Waals surface area (Å²) in [4.78, 5) is 12.4. The van der Waals surface area contributed by atoms with Crippen LogP contribution in [0.4, 0.5) is 0 Å². The first-order chi connectivity index (χ1) is 11.0. The minimum Gasteiger partial charge on any atom is -0.485 e. The van der Waals surface area contributed by atoms with Gasteiger partial charge in [0.2, 0.25) is 6.10 Å². The first kappa shape index (κ1) is 15.4. The second kappa shape index (κ2) is 6.32. The monoisotopic (exact) mass is 312 g/mol. The molecule has 2 aromatic carbocycles. The van der Waals surface area contributed by atoms with E-state index in [0.29, 0.717) is 23.2 Å². The number of benzene rings is 2. The summed E-state index contributed by atoms with van der Waals surface area (Å²) in [6, 6.07) is 13.2. The van der Waals surface area contributed by atoms with Gasteiger partial charge in [-0.15, -0.1) is 0 Å². The number of hydrogen-bond acceptors (Lipinski definition) is 4. The molecule has 4 heteroatoms. The summed E-state index contributed by atoms with van der Waals surface area (Å²) in [5.74, 6) is 1.71. The van der Waals surface area contributed by atoms with Crippen molar-refractivity contribution in [2.45, 2.75) is 32.8 Å². The normalized spacial score (nSPS) is 16.3. The number of rotatable bonds is 3. The molecule has 0 unspecified atom stereocenters. The first-order valence-electron chi connectivity index (χ1n) is 7.75. The fourth-order valence-corrected chi connectivity index (χ4v) is 2.40. The average Bonchev–Trinajstić information content (AvgIpc) is 2.56. The van der Waals surface area contributed by atoms with Gasteiger partial charge in [0.25, 0.3) is 0 Å². The maximum Gasteiger partial charge on any atom is 0.356 e. The highest BCUT2D eigenvalue weighted by Gasteiger charge is 2.29. The lowest BCUT2D eigenvalue weighted by Crippen LogP contribution is -2.39. The Kier molecular flexibility index (Phi) is 4.24. The summed E-state index contributed by atoms with van der Waals surface area (Å²) in [5.41, 5.74) is 2.05. The van der Waals surface area contributed by atoms with E-state index in [1.165, 1.54) is 0 Å². The van der Waals surface area contributed by atoms with Gasteiger partial charge in [0.05, 0.1) is 0 Å². The standard InChI is InChI=1S/C19H20O4/c1-12(2)14-9-8-13(3)17(10-14)23-19(20)18-11-21-15-6-4-5-7-16(15)22-18/h4-10,12,18H,11H2,1-3H3/t18-/m0/s1. The van der Waals surface area contributed by atoms with Crippen LogP contribution in [0.15, 0.2) is 42.5 Å². The summed E-state index contributed by atoms with van der Waals surface area (Å²) < 4.78 is 16.8. The number of carbonyl (C=O) groups excluding carboxylic acids is 1. The van der Waals surface area contributed by atoms with Crippen LogP contribution in [0.3, 0.4) is 0 Å². The van der Waals surface area contributed by atoms with Crippen molar-refractivity contribution >= 4 is 5.97 Å². The summed E-state index contributed by atoms with van der Waals surface area (Å²) in [6.07, 6.45) is -0.757. The number of ether oxygens (including phenoxy) is 3. The van der Waals surface area contributed by atoms with Gasteiger partial charge in [-0.25, -0.2) is 4.79 Å². The number of hydrogen-bond donors (Lipinski definition) is 0. The molecule has 1 heterocycles. The lowest BCUT2D eigenvalue weighted by Gasteiger charge is -2.25. The second-order valence-corrected chi connectivity index (χ2v) is 5.96. The molecule has 0 saturated carbocycles. The SMILES string of the molecule is Cc1ccc(C(C)C)cc1OC(=O)[C@@H]1COc2ccccc2O1. The molecule has 0 N–H and O–H groups in total. The van der Waals surface area contributed by atoms with Crippen molar-refractivity contribution in [2.24, 2.45) is 0 Å². The largest absolute Gasteiger partial charge is 0.485 e. The molecule has 1 aliphatic rings. The van der Waals surface area contributed by atoms with E-state index in [4.69, 9.17) is 14.2 Å². The predicted molar refractivity (Wildman–Crippen MR) is 87.3 cm³/mol. The quantitative estimate of drug-likeness (QED) is 0.637. The molecule has 0 fully saturated rings. The smallest absolute Gasteiger partial charge is 0.356 e. The third-order valence-electron chi connectivity index (χ3n) is 3.86. The van der Waals surface area contributed by atoms with Crippen LogP contribution in [-0.2, 0) is 4.79 Å². The highest BCUT2D eigenvalue weighted by atomic mass is 16.6. The molecule has 0 bridgehead atoms. The van der Waals surface area contributed by atoms with E-state index >= 15 is 0 Å². The van der Waals surface area contributed by atoms with Crippen molar-refractivity contribution in [2.75, 3.05) is 6.61 Å². The Balaban J connectivity index is 1.74. The van der Waals surface area contributed by atoms with Crippen molar-refractivity contribution in [1.29, 1.82) is 0 Å². The summed E-state index contributed by atoms with van der Waals surface area (Å²) >= 11 is 0. The average molecular weight is 312 g/mol. The molecule has 0 saturated heterocycles. The van der Waals surface area contributed by atoms with Crippen molar-refractivity contribution in [3.05, 3.63) is 53.6 Å². The van der Waals surface area contributed by atoms with Crippen LogP contribution < -0.4 is 14.2 Å². The molecule has 120 valence electrons. The highest BCUT2D eigenvalue weighted by molar-refractivity contribution is 5.78. The van der Waals surface area contributed by atoms with Crippen LogP contribution in [0.2, 0.25) is 0 Å². The molecular formula is C19H20O4. The van der Waals surface area contributed by atoms with E-state index in [2.05, 4.69) is 13.8 Å². The van der Waals surface area contributed by atoms with Gasteiger partial charge in [-0.05, 0) is 42.2 Å². The van der Waals surface area contributed by atoms with E-state index in [1.54, 1.807) is 6.07 Å². The number of carbonyl (C=O) groups is 1. The second-order valence-electron chi connectivity index (χ2n) is 5.96. The van der Waals surface area contributed by atoms with Gasteiger partial charge in [-0.2, -0.15) is 0 Å². The number of esters is 1. The van der Waals surface area contributed by atoms with Crippen LogP contribution in [0.5, 0.6) is 17.2 Å². The topological polar surface area (TPSA) is 44.8 Å². The number of aryl methyl sites for hydroxylation is 1. The van der Waals surface area contributed by atoms with Gasteiger partial charge in [0, 0.05) is 0 Å². The van der Waals surface area contributed by atoms with E-state index in [-0.39, 0.29) is 6.61 Å². The van der Waals surface area contributed by atoms with E-state index in [0.717, 1.165) is 11.1 Å². The fraction of sp³-hybridized carbons (Fsp3) is 0.316. The molecule has 1 aliphatic heterocycles. The Morgan fingerprint density at radius 1 is 1.17 bits per heavy atom. The Bertz CT molecular complexity index is 721. The van der Waals surface area contributed by atoms with E-state index < -0.39 is 12.1 Å². The van der Waals surface area contributed by atoms with Crippen molar-refractivity contribution in [3.63, 3.8) is 0 Å². The summed E-state index contributed by atoms with van der Waals surface area (Å²) in [5, 5.41) is 0. The molecule has 23 heavy (non-hydrogen) atoms. The van der Waals surface area contributed by atoms with Crippen molar-refractivity contribution in [3.8, 4) is 17.2 Å². The lowest BCUT2D eigenvalue weighted by atomic mass is 10.0. The zero-order valence-corrected chi connectivity index (χ0v) is 13.5. The van der Waals surface area contributed by atoms with Crippen LogP contribution in [0.1, 0.15) is 30.9 Å². The lowest BCUT2D eigenvalue weighted by molar-refractivity contribution is -0.144. The van der Waals surface area contributed by atoms with Crippen LogP contribution in [-0.4, -0.2) is 18.7 Å². The molecule has 0 amide bonds. The van der Waals surface area contributed by atoms with Gasteiger partial charge in [0.1, 0.15) is 12.4 Å². The third-order valence-corrected chi connectivity index (χ3v) is 3.86. The Morgan fingerprint density at radius 2 is 1.91 bits per heavy atom. The van der Waals surface area contributed by atoms with Gasteiger partial charge in [-0.3, -0.25) is 0 Å². The van der Waals surface area contributed by atoms with Crippen LogP contribution >= 0.6 is 0 Å². The number of para-hydroxylation sites is 2. The summed E-state index contributed by atoms with van der Waals surface area (Å²) in [6.45, 7) is 6.27. The molecule has 0 radical (unpaired) electrons. The minimum absolute atomic E-state index is 0.152. The molecule has 2 aromatic rings. The van der Waals surface area contributed by atoms with Crippen LogP contribution in [0, 0.1) is 6.92 Å². The molecular weight excluding hydrogens is 292 g/mol. The first-order valence-corrected chi connectivity index (χ1v) is 7.75. The zero-order chi connectivity index (χ0) is 16.4. The molecule has 4 nitrogen and oxygen atoms in total. The van der Waals surface area contributed by atoms with E-state index in [1.807, 2.05) is 43.3 Å². The van der Waals surface area contributed by atoms with Gasteiger partial charge in [0.15, 0.2) is 11.5 Å². The highest BCUT2D eigenvalue weighted by Crippen LogP contribution is 2.31.